The summed E-state index contributed by atoms with van der Waals surface area (Å²) in [6, 6.07) is 7.94. The van der Waals surface area contributed by atoms with Crippen LogP contribution < -0.4 is 5.56 Å². The van der Waals surface area contributed by atoms with Crippen molar-refractivity contribution >= 4 is 33.9 Å². The average molecular weight is 364 g/mol. The highest BCUT2D eigenvalue weighted by Gasteiger charge is 2.13. The minimum Gasteiger partial charge on any atom is -0.456 e. The van der Waals surface area contributed by atoms with E-state index in [1.54, 1.807) is 24.3 Å². The van der Waals surface area contributed by atoms with Gasteiger partial charge in [-0.1, -0.05) is 42.0 Å². The number of aromatic nitrogens is 3. The van der Waals surface area contributed by atoms with Crippen molar-refractivity contribution in [1.82, 2.24) is 14.6 Å². The van der Waals surface area contributed by atoms with Gasteiger partial charge in [-0.3, -0.25) is 4.79 Å². The summed E-state index contributed by atoms with van der Waals surface area (Å²) >= 11 is 7.32. The first-order valence-corrected chi connectivity index (χ1v) is 8.58. The third-order valence-electron chi connectivity index (χ3n) is 3.25. The number of esters is 1. The van der Waals surface area contributed by atoms with Crippen LogP contribution in [0, 0.1) is 0 Å². The van der Waals surface area contributed by atoms with Crippen molar-refractivity contribution in [3.05, 3.63) is 62.0 Å². The predicted octanol–water partition coefficient (Wildman–Crippen LogP) is 3.11. The van der Waals surface area contributed by atoms with E-state index in [4.69, 9.17) is 16.3 Å². The van der Waals surface area contributed by atoms with Gasteiger partial charge in [0.2, 0.25) is 4.96 Å². The van der Waals surface area contributed by atoms with E-state index in [0.717, 1.165) is 17.8 Å². The molecule has 3 rings (SSSR count). The summed E-state index contributed by atoms with van der Waals surface area (Å²) in [6.07, 6.45) is 1.74. The summed E-state index contributed by atoms with van der Waals surface area (Å²) in [6.45, 7) is 1.94. The van der Waals surface area contributed by atoms with Crippen molar-refractivity contribution < 1.29 is 9.53 Å². The maximum Gasteiger partial charge on any atom is 0.340 e. The number of hydrogen-bond acceptors (Lipinski definition) is 6. The van der Waals surface area contributed by atoms with E-state index in [9.17, 15) is 9.59 Å². The zero-order valence-electron chi connectivity index (χ0n) is 12.9. The topological polar surface area (TPSA) is 73.6 Å². The van der Waals surface area contributed by atoms with Gasteiger partial charge in [-0.05, 0) is 18.6 Å². The van der Waals surface area contributed by atoms with Crippen molar-refractivity contribution in [3.8, 4) is 0 Å². The smallest absolute Gasteiger partial charge is 0.340 e. The van der Waals surface area contributed by atoms with Crippen LogP contribution in [0.1, 0.15) is 34.4 Å². The first kappa shape index (κ1) is 16.6. The Balaban J connectivity index is 1.79. The van der Waals surface area contributed by atoms with Gasteiger partial charge < -0.3 is 4.74 Å². The molecule has 0 atom stereocenters. The Kier molecular flexibility index (Phi) is 4.92. The molecule has 0 amide bonds. The van der Waals surface area contributed by atoms with Crippen LogP contribution in [-0.2, 0) is 17.8 Å². The molecule has 0 radical (unpaired) electrons. The summed E-state index contributed by atoms with van der Waals surface area (Å²) in [4.78, 5) is 29.0. The number of benzene rings is 1. The van der Waals surface area contributed by atoms with Crippen LogP contribution in [0.3, 0.4) is 0 Å². The molecule has 0 saturated carbocycles. The summed E-state index contributed by atoms with van der Waals surface area (Å²) < 4.78 is 6.48. The fourth-order valence-electron chi connectivity index (χ4n) is 2.13. The number of carbonyl (C=O) groups excluding carboxylic acids is 1. The quantitative estimate of drug-likeness (QED) is 0.651. The van der Waals surface area contributed by atoms with E-state index in [1.165, 1.54) is 21.9 Å². The van der Waals surface area contributed by atoms with E-state index in [-0.39, 0.29) is 17.7 Å². The van der Waals surface area contributed by atoms with Crippen LogP contribution in [0.2, 0.25) is 5.02 Å². The molecule has 0 saturated heterocycles. The number of aryl methyl sites for hydroxylation is 1. The van der Waals surface area contributed by atoms with E-state index in [2.05, 4.69) is 10.1 Å². The second kappa shape index (κ2) is 7.11. The number of nitrogens with zero attached hydrogens (tertiary/aromatic N) is 3. The van der Waals surface area contributed by atoms with Crippen molar-refractivity contribution in [3.63, 3.8) is 0 Å². The molecule has 2 aromatic heterocycles. The van der Waals surface area contributed by atoms with Crippen LogP contribution in [-0.4, -0.2) is 20.6 Å². The van der Waals surface area contributed by atoms with Gasteiger partial charge in [-0.2, -0.15) is 9.61 Å². The summed E-state index contributed by atoms with van der Waals surface area (Å²) in [5, 5.41) is 5.40. The second-order valence-electron chi connectivity index (χ2n) is 5.08. The molecule has 0 fully saturated rings. The molecule has 0 aliphatic rings. The van der Waals surface area contributed by atoms with E-state index < -0.39 is 5.97 Å². The number of fused-ring (bicyclic) bond motifs is 1. The maximum absolute atomic E-state index is 12.1. The lowest BCUT2D eigenvalue weighted by molar-refractivity contribution is 0.0468. The first-order valence-electron chi connectivity index (χ1n) is 7.39. The fraction of sp³-hybridized carbons (Fsp3) is 0.250. The molecule has 0 spiro atoms. The van der Waals surface area contributed by atoms with Crippen LogP contribution in [0.15, 0.2) is 35.1 Å². The molecular weight excluding hydrogens is 350 g/mol. The van der Waals surface area contributed by atoms with Gasteiger partial charge in [0.1, 0.15) is 11.6 Å². The largest absolute Gasteiger partial charge is 0.456 e. The number of hydrogen-bond donors (Lipinski definition) is 0. The van der Waals surface area contributed by atoms with Gasteiger partial charge in [0.15, 0.2) is 0 Å². The maximum atomic E-state index is 12.1. The fourth-order valence-corrected chi connectivity index (χ4v) is 3.36. The first-order chi connectivity index (χ1) is 11.6. The third kappa shape index (κ3) is 3.47. The Labute approximate surface area is 146 Å². The van der Waals surface area contributed by atoms with Gasteiger partial charge in [0.05, 0.1) is 16.3 Å². The van der Waals surface area contributed by atoms with Crippen molar-refractivity contribution in [1.29, 1.82) is 0 Å². The van der Waals surface area contributed by atoms with Gasteiger partial charge in [-0.15, -0.1) is 0 Å². The molecule has 3 aromatic rings. The van der Waals surface area contributed by atoms with Crippen LogP contribution in [0.25, 0.3) is 4.96 Å². The average Bonchev–Trinajstić information content (AvgIpc) is 2.96. The lowest BCUT2D eigenvalue weighted by Gasteiger charge is -2.05. The van der Waals surface area contributed by atoms with Crippen LogP contribution >= 0.6 is 22.9 Å². The SMILES string of the molecule is CCCc1nn2c(=O)cc(COC(=O)c3ccccc3Cl)nc2s1. The number of ether oxygens (including phenoxy) is 1. The van der Waals surface area contributed by atoms with Gasteiger partial charge in [-0.25, -0.2) is 9.78 Å². The highest BCUT2D eigenvalue weighted by molar-refractivity contribution is 7.16. The highest BCUT2D eigenvalue weighted by atomic mass is 35.5. The van der Waals surface area contributed by atoms with Crippen molar-refractivity contribution in [2.24, 2.45) is 0 Å². The Bertz CT molecular complexity index is 951. The van der Waals surface area contributed by atoms with Crippen molar-refractivity contribution in [2.45, 2.75) is 26.4 Å². The van der Waals surface area contributed by atoms with Gasteiger partial charge >= 0.3 is 5.97 Å². The molecular formula is C16H14ClN3O3S. The van der Waals surface area contributed by atoms with Crippen LogP contribution in [0.4, 0.5) is 0 Å². The molecule has 124 valence electrons. The predicted molar refractivity (Wildman–Crippen MR) is 91.7 cm³/mol. The number of rotatable bonds is 5. The molecule has 0 bridgehead atoms. The second-order valence-corrected chi connectivity index (χ2v) is 6.53. The molecule has 0 aliphatic heterocycles. The highest BCUT2D eigenvalue weighted by Crippen LogP contribution is 2.17. The van der Waals surface area contributed by atoms with Gasteiger partial charge in [0.25, 0.3) is 5.56 Å². The summed E-state index contributed by atoms with van der Waals surface area (Å²) in [7, 11) is 0. The normalized spacial score (nSPS) is 10.9. The number of carbonyl (C=O) groups is 1. The van der Waals surface area contributed by atoms with Crippen molar-refractivity contribution in [2.75, 3.05) is 0 Å². The lowest BCUT2D eigenvalue weighted by Crippen LogP contribution is -2.16. The molecule has 8 heteroatoms. The molecule has 0 N–H and O–H groups in total. The van der Waals surface area contributed by atoms with Crippen LogP contribution in [0.5, 0.6) is 0 Å². The monoisotopic (exact) mass is 363 g/mol. The lowest BCUT2D eigenvalue weighted by atomic mass is 10.2. The minimum atomic E-state index is -0.557. The molecule has 0 unspecified atom stereocenters. The number of halogens is 1. The Morgan fingerprint density at radius 3 is 2.92 bits per heavy atom. The zero-order valence-corrected chi connectivity index (χ0v) is 14.4. The molecule has 1 aromatic carbocycles. The summed E-state index contributed by atoms with van der Waals surface area (Å²) in [5.74, 6) is -0.557. The Hall–Kier alpha value is -2.25. The van der Waals surface area contributed by atoms with E-state index >= 15 is 0 Å². The van der Waals surface area contributed by atoms with E-state index in [0.29, 0.717) is 15.7 Å². The molecule has 6 nitrogen and oxygen atoms in total. The molecule has 24 heavy (non-hydrogen) atoms. The standard InChI is InChI=1S/C16H14ClN3O3S/c1-2-5-13-19-20-14(21)8-10(18-16(20)24-13)9-23-15(22)11-6-3-4-7-12(11)17/h3-4,6-8H,2,5,9H2,1H3. The molecule has 2 heterocycles. The Morgan fingerprint density at radius 2 is 2.17 bits per heavy atom. The third-order valence-corrected chi connectivity index (χ3v) is 4.55. The molecule has 0 aliphatic carbocycles. The minimum absolute atomic E-state index is 0.100. The zero-order chi connectivity index (χ0) is 17.1. The van der Waals surface area contributed by atoms with E-state index in [1.807, 2.05) is 6.92 Å². The Morgan fingerprint density at radius 1 is 1.38 bits per heavy atom. The summed E-state index contributed by atoms with van der Waals surface area (Å²) in [5.41, 5.74) is 0.370. The van der Waals surface area contributed by atoms with Gasteiger partial charge in [0, 0.05) is 12.5 Å².